The SMILES string of the molecule is CCOc1ccc(CNC(=O)NC2CCCCC2)cc1OCC. The molecule has 1 aromatic carbocycles. The van der Waals surface area contributed by atoms with Crippen LogP contribution in [0.15, 0.2) is 18.2 Å². The first kappa shape index (κ1) is 17.4. The maximum absolute atomic E-state index is 12.0. The summed E-state index contributed by atoms with van der Waals surface area (Å²) in [4.78, 5) is 12.0. The van der Waals surface area contributed by atoms with E-state index in [9.17, 15) is 4.79 Å². The van der Waals surface area contributed by atoms with Gasteiger partial charge in [0.1, 0.15) is 0 Å². The molecule has 2 amide bonds. The molecule has 1 saturated carbocycles. The van der Waals surface area contributed by atoms with Crippen LogP contribution in [0.5, 0.6) is 11.5 Å². The van der Waals surface area contributed by atoms with Gasteiger partial charge in [0.2, 0.25) is 0 Å². The smallest absolute Gasteiger partial charge is 0.315 e. The number of benzene rings is 1. The normalized spacial score (nSPS) is 15.0. The first-order chi connectivity index (χ1) is 11.2. The van der Waals surface area contributed by atoms with Gasteiger partial charge in [-0.1, -0.05) is 25.3 Å². The van der Waals surface area contributed by atoms with Gasteiger partial charge in [0, 0.05) is 12.6 Å². The van der Waals surface area contributed by atoms with Crippen molar-refractivity contribution in [2.24, 2.45) is 0 Å². The number of nitrogens with one attached hydrogen (secondary N) is 2. The number of amides is 2. The number of carbonyl (C=O) groups is 1. The molecule has 0 bridgehead atoms. The lowest BCUT2D eigenvalue weighted by atomic mass is 9.96. The van der Waals surface area contributed by atoms with E-state index in [0.717, 1.165) is 29.9 Å². The molecule has 0 spiro atoms. The Morgan fingerprint density at radius 2 is 1.78 bits per heavy atom. The third kappa shape index (κ3) is 5.66. The maximum atomic E-state index is 12.0. The number of carbonyl (C=O) groups excluding carboxylic acids is 1. The molecule has 0 saturated heterocycles. The van der Waals surface area contributed by atoms with Gasteiger partial charge in [-0.2, -0.15) is 0 Å². The van der Waals surface area contributed by atoms with E-state index in [2.05, 4.69) is 10.6 Å². The highest BCUT2D eigenvalue weighted by Crippen LogP contribution is 2.28. The molecule has 1 aliphatic rings. The summed E-state index contributed by atoms with van der Waals surface area (Å²) in [7, 11) is 0. The average molecular weight is 320 g/mol. The van der Waals surface area contributed by atoms with E-state index >= 15 is 0 Å². The van der Waals surface area contributed by atoms with Crippen LogP contribution in [-0.2, 0) is 6.54 Å². The van der Waals surface area contributed by atoms with Gasteiger partial charge < -0.3 is 20.1 Å². The van der Waals surface area contributed by atoms with Crippen molar-refractivity contribution in [2.75, 3.05) is 13.2 Å². The fourth-order valence-corrected chi connectivity index (χ4v) is 2.87. The summed E-state index contributed by atoms with van der Waals surface area (Å²) in [6.45, 7) is 5.55. The highest BCUT2D eigenvalue weighted by Gasteiger charge is 2.15. The Morgan fingerprint density at radius 3 is 2.48 bits per heavy atom. The van der Waals surface area contributed by atoms with Crippen molar-refractivity contribution >= 4 is 6.03 Å². The van der Waals surface area contributed by atoms with Crippen LogP contribution in [0.2, 0.25) is 0 Å². The Bertz CT molecular complexity index is 499. The molecule has 0 unspecified atom stereocenters. The van der Waals surface area contributed by atoms with Crippen molar-refractivity contribution in [1.82, 2.24) is 10.6 Å². The number of urea groups is 1. The molecule has 0 aromatic heterocycles. The molecule has 1 fully saturated rings. The monoisotopic (exact) mass is 320 g/mol. The molecule has 23 heavy (non-hydrogen) atoms. The average Bonchev–Trinajstić information content (AvgIpc) is 2.56. The van der Waals surface area contributed by atoms with Crippen molar-refractivity contribution in [3.8, 4) is 11.5 Å². The maximum Gasteiger partial charge on any atom is 0.315 e. The molecule has 0 radical (unpaired) electrons. The summed E-state index contributed by atoms with van der Waals surface area (Å²) < 4.78 is 11.2. The first-order valence-electron chi connectivity index (χ1n) is 8.65. The summed E-state index contributed by atoms with van der Waals surface area (Å²) in [5.41, 5.74) is 0.996. The van der Waals surface area contributed by atoms with Crippen molar-refractivity contribution in [2.45, 2.75) is 58.5 Å². The van der Waals surface area contributed by atoms with Crippen LogP contribution >= 0.6 is 0 Å². The summed E-state index contributed by atoms with van der Waals surface area (Å²) in [5, 5.41) is 5.98. The van der Waals surface area contributed by atoms with Gasteiger partial charge in [0.05, 0.1) is 13.2 Å². The molecule has 2 N–H and O–H groups in total. The van der Waals surface area contributed by atoms with Gasteiger partial charge in [-0.3, -0.25) is 0 Å². The zero-order chi connectivity index (χ0) is 16.5. The second-order valence-corrected chi connectivity index (χ2v) is 5.81. The molecule has 2 rings (SSSR count). The second kappa shape index (κ2) is 9.28. The highest BCUT2D eigenvalue weighted by molar-refractivity contribution is 5.74. The molecule has 5 nitrogen and oxygen atoms in total. The van der Waals surface area contributed by atoms with Crippen molar-refractivity contribution in [3.63, 3.8) is 0 Å². The van der Waals surface area contributed by atoms with Gasteiger partial charge in [-0.05, 0) is 44.4 Å². The minimum atomic E-state index is -0.0938. The number of hydrogen-bond acceptors (Lipinski definition) is 3. The van der Waals surface area contributed by atoms with E-state index in [-0.39, 0.29) is 6.03 Å². The fourth-order valence-electron chi connectivity index (χ4n) is 2.87. The van der Waals surface area contributed by atoms with E-state index < -0.39 is 0 Å². The summed E-state index contributed by atoms with van der Waals surface area (Å²) >= 11 is 0. The van der Waals surface area contributed by atoms with Crippen molar-refractivity contribution in [1.29, 1.82) is 0 Å². The Labute approximate surface area is 138 Å². The van der Waals surface area contributed by atoms with Crippen LogP contribution in [0.1, 0.15) is 51.5 Å². The predicted octanol–water partition coefficient (Wildman–Crippen LogP) is 3.62. The van der Waals surface area contributed by atoms with E-state index in [1.807, 2.05) is 32.0 Å². The summed E-state index contributed by atoms with van der Waals surface area (Å²) in [5.74, 6) is 1.46. The van der Waals surface area contributed by atoms with Crippen LogP contribution in [0.25, 0.3) is 0 Å². The number of ether oxygens (including phenoxy) is 2. The standard InChI is InChI=1S/C18H28N2O3/c1-3-22-16-11-10-14(12-17(16)23-4-2)13-19-18(21)20-15-8-6-5-7-9-15/h10-12,15H,3-9,13H2,1-2H3,(H2,19,20,21). The van der Waals surface area contributed by atoms with Crippen LogP contribution in [0.4, 0.5) is 4.79 Å². The minimum absolute atomic E-state index is 0.0938. The molecule has 128 valence electrons. The summed E-state index contributed by atoms with van der Waals surface area (Å²) in [6, 6.07) is 6.00. The van der Waals surface area contributed by atoms with E-state index in [1.165, 1.54) is 19.3 Å². The molecule has 1 aromatic rings. The number of hydrogen-bond donors (Lipinski definition) is 2. The van der Waals surface area contributed by atoms with Gasteiger partial charge in [0.25, 0.3) is 0 Å². The molecule has 5 heteroatoms. The lowest BCUT2D eigenvalue weighted by Crippen LogP contribution is -2.42. The topological polar surface area (TPSA) is 59.6 Å². The van der Waals surface area contributed by atoms with Gasteiger partial charge in [0.15, 0.2) is 11.5 Å². The Morgan fingerprint density at radius 1 is 1.09 bits per heavy atom. The van der Waals surface area contributed by atoms with Gasteiger partial charge >= 0.3 is 6.03 Å². The Kier molecular flexibility index (Phi) is 7.04. The first-order valence-corrected chi connectivity index (χ1v) is 8.65. The third-order valence-corrected chi connectivity index (χ3v) is 4.00. The van der Waals surface area contributed by atoms with E-state index in [0.29, 0.717) is 25.8 Å². The molecule has 1 aliphatic carbocycles. The molecule has 0 aliphatic heterocycles. The van der Waals surface area contributed by atoms with Crippen LogP contribution in [0, 0.1) is 0 Å². The molecular weight excluding hydrogens is 292 g/mol. The van der Waals surface area contributed by atoms with E-state index in [1.54, 1.807) is 0 Å². The lowest BCUT2D eigenvalue weighted by Gasteiger charge is -2.23. The van der Waals surface area contributed by atoms with Crippen LogP contribution < -0.4 is 20.1 Å². The molecule has 0 atom stereocenters. The largest absolute Gasteiger partial charge is 0.490 e. The fraction of sp³-hybridized carbons (Fsp3) is 0.611. The van der Waals surface area contributed by atoms with Gasteiger partial charge in [-0.15, -0.1) is 0 Å². The number of rotatable bonds is 7. The molecular formula is C18H28N2O3. The van der Waals surface area contributed by atoms with Crippen molar-refractivity contribution in [3.05, 3.63) is 23.8 Å². The van der Waals surface area contributed by atoms with Crippen LogP contribution in [0.3, 0.4) is 0 Å². The van der Waals surface area contributed by atoms with Crippen molar-refractivity contribution < 1.29 is 14.3 Å². The Hall–Kier alpha value is -1.91. The second-order valence-electron chi connectivity index (χ2n) is 5.81. The van der Waals surface area contributed by atoms with Crippen LogP contribution in [-0.4, -0.2) is 25.3 Å². The molecule has 0 heterocycles. The quantitative estimate of drug-likeness (QED) is 0.807. The van der Waals surface area contributed by atoms with E-state index in [4.69, 9.17) is 9.47 Å². The third-order valence-electron chi connectivity index (χ3n) is 4.00. The highest BCUT2D eigenvalue weighted by atomic mass is 16.5. The predicted molar refractivity (Wildman–Crippen MR) is 91.0 cm³/mol. The zero-order valence-electron chi connectivity index (χ0n) is 14.2. The summed E-state index contributed by atoms with van der Waals surface area (Å²) in [6.07, 6.45) is 5.88. The lowest BCUT2D eigenvalue weighted by molar-refractivity contribution is 0.232. The zero-order valence-corrected chi connectivity index (χ0v) is 14.2. The minimum Gasteiger partial charge on any atom is -0.490 e. The Balaban J connectivity index is 1.86. The van der Waals surface area contributed by atoms with Gasteiger partial charge in [-0.25, -0.2) is 4.79 Å².